The van der Waals surface area contributed by atoms with Crippen LogP contribution >= 0.6 is 11.6 Å². The van der Waals surface area contributed by atoms with Crippen molar-refractivity contribution in [2.45, 2.75) is 38.3 Å². The van der Waals surface area contributed by atoms with Gasteiger partial charge in [-0.15, -0.1) is 0 Å². The van der Waals surface area contributed by atoms with Gasteiger partial charge in [0.05, 0.1) is 17.1 Å². The number of hydrogen-bond donors (Lipinski definition) is 2. The fourth-order valence-electron chi connectivity index (χ4n) is 3.94. The molecule has 0 amide bonds. The Labute approximate surface area is 201 Å². The third-order valence-corrected chi connectivity index (χ3v) is 6.58. The molecule has 34 heavy (non-hydrogen) atoms. The summed E-state index contributed by atoms with van der Waals surface area (Å²) in [7, 11) is -4.15. The minimum absolute atomic E-state index is 0.0160. The Hall–Kier alpha value is -3.27. The van der Waals surface area contributed by atoms with Crippen molar-refractivity contribution in [3.8, 4) is 0 Å². The van der Waals surface area contributed by atoms with Crippen LogP contribution < -0.4 is 15.9 Å². The molecule has 1 aliphatic carbocycles. The van der Waals surface area contributed by atoms with Crippen molar-refractivity contribution in [1.82, 2.24) is 4.98 Å². The van der Waals surface area contributed by atoms with Gasteiger partial charge < -0.3 is 9.73 Å². The molecule has 10 heteroatoms. The number of pyridine rings is 1. The van der Waals surface area contributed by atoms with Gasteiger partial charge in [0.2, 0.25) is 0 Å². The summed E-state index contributed by atoms with van der Waals surface area (Å²) in [5.41, 5.74) is 2.65. The second-order valence-electron chi connectivity index (χ2n) is 8.19. The lowest BCUT2D eigenvalue weighted by Crippen LogP contribution is -2.18. The number of carbonyl (C=O) groups is 1. The van der Waals surface area contributed by atoms with Gasteiger partial charge in [-0.05, 0) is 50.6 Å². The van der Waals surface area contributed by atoms with Crippen LogP contribution in [-0.2, 0) is 14.8 Å². The Morgan fingerprint density at radius 1 is 1.21 bits per heavy atom. The maximum atomic E-state index is 13.2. The van der Waals surface area contributed by atoms with E-state index in [4.69, 9.17) is 21.2 Å². The zero-order valence-electron chi connectivity index (χ0n) is 18.7. The first-order valence-corrected chi connectivity index (χ1v) is 12.3. The number of halogens is 1. The average Bonchev–Trinajstić information content (AvgIpc) is 2.76. The van der Waals surface area contributed by atoms with Crippen LogP contribution in [0.25, 0.3) is 16.5 Å². The lowest BCUT2D eigenvalue weighted by Gasteiger charge is -2.20. The molecule has 0 unspecified atom stereocenters. The van der Waals surface area contributed by atoms with Gasteiger partial charge >= 0.3 is 0 Å². The normalized spacial score (nSPS) is 14.9. The molecule has 0 saturated carbocycles. The van der Waals surface area contributed by atoms with Gasteiger partial charge in [-0.25, -0.2) is 18.5 Å². The molecule has 0 bridgehead atoms. The molecule has 1 aromatic carbocycles. The molecule has 1 aliphatic rings. The summed E-state index contributed by atoms with van der Waals surface area (Å²) in [4.78, 5) is 29.0. The Bertz CT molecular complexity index is 1570. The van der Waals surface area contributed by atoms with Crippen molar-refractivity contribution in [1.29, 1.82) is 0 Å². The molecule has 3 aromatic rings. The molecule has 0 radical (unpaired) electrons. The summed E-state index contributed by atoms with van der Waals surface area (Å²) in [5, 5.41) is 8.39. The smallest absolute Gasteiger partial charge is 0.257 e. The van der Waals surface area contributed by atoms with Crippen LogP contribution in [0, 0.1) is 13.8 Å². The molecular weight excluding hydrogens is 478 g/mol. The first-order valence-electron chi connectivity index (χ1n) is 10.4. The third-order valence-electron chi connectivity index (χ3n) is 5.52. The molecule has 2 aromatic heterocycles. The van der Waals surface area contributed by atoms with E-state index in [1.54, 1.807) is 32.1 Å². The highest BCUT2D eigenvalue weighted by atomic mass is 35.5. The summed E-state index contributed by atoms with van der Waals surface area (Å²) >= 11 is 5.87. The molecule has 3 N–H and O–H groups in total. The minimum Gasteiger partial charge on any atom is -0.455 e. The van der Waals surface area contributed by atoms with Crippen LogP contribution in [0.15, 0.2) is 56.7 Å². The van der Waals surface area contributed by atoms with E-state index in [1.807, 2.05) is 13.0 Å². The number of fused-ring (bicyclic) bond motifs is 1. The van der Waals surface area contributed by atoms with Crippen molar-refractivity contribution >= 4 is 49.6 Å². The van der Waals surface area contributed by atoms with Crippen LogP contribution in [0.2, 0.25) is 5.15 Å². The van der Waals surface area contributed by atoms with Gasteiger partial charge in [-0.2, -0.15) is 0 Å². The lowest BCUT2D eigenvalue weighted by atomic mass is 9.97. The largest absolute Gasteiger partial charge is 0.455 e. The predicted molar refractivity (Wildman–Crippen MR) is 131 cm³/mol. The Morgan fingerprint density at radius 3 is 2.62 bits per heavy atom. The van der Waals surface area contributed by atoms with Gasteiger partial charge in [0.1, 0.15) is 16.5 Å². The van der Waals surface area contributed by atoms with Crippen molar-refractivity contribution in [2.75, 3.05) is 5.32 Å². The standard InChI is InChI=1S/C24H22ClN3O5S/c1-12-9-17(14(3)27-19-7-8-20(25)28-24(19)34(26,31)32)23-18(10-12)21(30)13(2)22(33-23)15-5-4-6-16(29)11-15/h4-5,7-11,14,27H,6H2,1-3H3,(H2,26,31,32)/t14-/m1/s1. The number of nitrogens with one attached hydrogen (secondary N) is 1. The number of nitrogens with two attached hydrogens (primary N) is 1. The SMILES string of the molecule is Cc1cc([C@@H](C)Nc2ccc(Cl)nc2S(N)(=O)=O)c2oc(C3=CC(=O)CC=C3)c(C)c(=O)c2c1. The van der Waals surface area contributed by atoms with Crippen molar-refractivity contribution in [3.63, 3.8) is 0 Å². The zero-order chi connectivity index (χ0) is 24.8. The molecule has 0 spiro atoms. The molecule has 0 aliphatic heterocycles. The molecular formula is C24H22ClN3O5S. The predicted octanol–water partition coefficient (Wildman–Crippen LogP) is 4.19. The van der Waals surface area contributed by atoms with Crippen LogP contribution in [0.4, 0.5) is 5.69 Å². The fourth-order valence-corrected chi connectivity index (χ4v) is 4.80. The molecule has 176 valence electrons. The maximum Gasteiger partial charge on any atom is 0.257 e. The van der Waals surface area contributed by atoms with E-state index in [0.29, 0.717) is 39.9 Å². The Kier molecular flexibility index (Phi) is 6.20. The zero-order valence-corrected chi connectivity index (χ0v) is 20.3. The number of nitrogens with zero attached hydrogens (tertiary/aromatic N) is 1. The summed E-state index contributed by atoms with van der Waals surface area (Å²) < 4.78 is 30.3. The molecule has 8 nitrogen and oxygen atoms in total. The maximum absolute atomic E-state index is 13.2. The minimum atomic E-state index is -4.15. The number of benzene rings is 1. The summed E-state index contributed by atoms with van der Waals surface area (Å²) in [6.45, 7) is 5.30. The second-order valence-corrected chi connectivity index (χ2v) is 10.1. The van der Waals surface area contributed by atoms with Gasteiger partial charge in [0.15, 0.2) is 16.2 Å². The van der Waals surface area contributed by atoms with Gasteiger partial charge in [0, 0.05) is 23.1 Å². The van der Waals surface area contributed by atoms with E-state index in [0.717, 1.165) is 5.56 Å². The fraction of sp³-hybridized carbons (Fsp3) is 0.208. The van der Waals surface area contributed by atoms with E-state index < -0.39 is 21.1 Å². The van der Waals surface area contributed by atoms with Crippen molar-refractivity contribution in [3.05, 3.63) is 80.3 Å². The quantitative estimate of drug-likeness (QED) is 0.503. The average molecular weight is 500 g/mol. The Morgan fingerprint density at radius 2 is 1.94 bits per heavy atom. The Balaban J connectivity index is 1.89. The number of primary sulfonamides is 1. The first-order chi connectivity index (χ1) is 16.0. The number of aryl methyl sites for hydroxylation is 1. The highest BCUT2D eigenvalue weighted by Gasteiger charge is 2.23. The number of carbonyl (C=O) groups excluding carboxylic acids is 1. The lowest BCUT2D eigenvalue weighted by molar-refractivity contribution is -0.113. The summed E-state index contributed by atoms with van der Waals surface area (Å²) in [6, 6.07) is 5.99. The number of ketones is 1. The van der Waals surface area contributed by atoms with Crippen LogP contribution in [0.5, 0.6) is 0 Å². The first kappa shape index (κ1) is 23.9. The van der Waals surface area contributed by atoms with Gasteiger partial charge in [-0.1, -0.05) is 29.8 Å². The number of allylic oxidation sites excluding steroid dienone is 4. The molecule has 0 fully saturated rings. The van der Waals surface area contributed by atoms with Crippen LogP contribution in [0.3, 0.4) is 0 Å². The van der Waals surface area contributed by atoms with Gasteiger partial charge in [-0.3, -0.25) is 9.59 Å². The third kappa shape index (κ3) is 4.54. The van der Waals surface area contributed by atoms with Gasteiger partial charge in [0.25, 0.3) is 10.0 Å². The number of sulfonamides is 1. The topological polar surface area (TPSA) is 132 Å². The van der Waals surface area contributed by atoms with E-state index in [9.17, 15) is 18.0 Å². The highest BCUT2D eigenvalue weighted by molar-refractivity contribution is 7.89. The van der Waals surface area contributed by atoms with E-state index in [-0.39, 0.29) is 22.1 Å². The summed E-state index contributed by atoms with van der Waals surface area (Å²) in [6.07, 6.45) is 5.24. The van der Waals surface area contributed by atoms with E-state index >= 15 is 0 Å². The number of rotatable bonds is 5. The molecule has 1 atom stereocenters. The van der Waals surface area contributed by atoms with Crippen LogP contribution in [0.1, 0.15) is 41.8 Å². The number of hydrogen-bond acceptors (Lipinski definition) is 7. The molecule has 2 heterocycles. The van der Waals surface area contributed by atoms with Crippen molar-refractivity contribution in [2.24, 2.45) is 5.14 Å². The highest BCUT2D eigenvalue weighted by Crippen LogP contribution is 2.32. The molecule has 4 rings (SSSR count). The van der Waals surface area contributed by atoms with Crippen molar-refractivity contribution < 1.29 is 17.6 Å². The summed E-state index contributed by atoms with van der Waals surface area (Å²) in [5.74, 6) is 0.238. The number of aromatic nitrogens is 1. The van der Waals surface area contributed by atoms with E-state index in [2.05, 4.69) is 10.3 Å². The monoisotopic (exact) mass is 499 g/mol. The van der Waals surface area contributed by atoms with E-state index in [1.165, 1.54) is 18.2 Å². The second kappa shape index (κ2) is 8.83. The van der Waals surface area contributed by atoms with Crippen LogP contribution in [-0.4, -0.2) is 19.2 Å². The number of anilines is 1. The molecule has 0 saturated heterocycles.